The molecule has 0 amide bonds. The Hall–Kier alpha value is -1.32. The molecule has 0 aliphatic rings. The molecule has 21 heavy (non-hydrogen) atoms. The zero-order valence-electron chi connectivity index (χ0n) is 14.4. The maximum atomic E-state index is 6.08. The van der Waals surface area contributed by atoms with Crippen molar-refractivity contribution in [1.29, 1.82) is 0 Å². The largest absolute Gasteiger partial charge is 0.383 e. The molecule has 0 saturated heterocycles. The minimum atomic E-state index is 0.640. The minimum absolute atomic E-state index is 0.640. The van der Waals surface area contributed by atoms with Crippen LogP contribution in [0.25, 0.3) is 0 Å². The number of hydrogen-bond donors (Lipinski definition) is 1. The number of nitrogens with zero attached hydrogens (tertiary/aromatic N) is 3. The van der Waals surface area contributed by atoms with Crippen molar-refractivity contribution in [2.24, 2.45) is 11.8 Å². The predicted molar refractivity (Wildman–Crippen MR) is 91.6 cm³/mol. The van der Waals surface area contributed by atoms with E-state index in [0.29, 0.717) is 17.7 Å². The molecule has 0 atom stereocenters. The van der Waals surface area contributed by atoms with E-state index in [4.69, 9.17) is 5.73 Å². The Morgan fingerprint density at radius 1 is 1.05 bits per heavy atom. The maximum absolute atomic E-state index is 6.08. The van der Waals surface area contributed by atoms with Crippen LogP contribution >= 0.6 is 0 Å². The van der Waals surface area contributed by atoms with E-state index in [-0.39, 0.29) is 0 Å². The summed E-state index contributed by atoms with van der Waals surface area (Å²) in [5, 5.41) is 0. The van der Waals surface area contributed by atoms with Gasteiger partial charge in [0.1, 0.15) is 18.0 Å². The van der Waals surface area contributed by atoms with Crippen molar-refractivity contribution in [3.05, 3.63) is 11.9 Å². The van der Waals surface area contributed by atoms with Crippen LogP contribution in [0.2, 0.25) is 0 Å². The normalized spacial score (nSPS) is 11.4. The highest BCUT2D eigenvalue weighted by atomic mass is 15.2. The molecule has 4 heteroatoms. The van der Waals surface area contributed by atoms with Crippen LogP contribution in [0.1, 0.15) is 59.4 Å². The molecule has 0 aromatic carbocycles. The van der Waals surface area contributed by atoms with Gasteiger partial charge in [0.05, 0.1) is 0 Å². The van der Waals surface area contributed by atoms with Crippen molar-refractivity contribution in [1.82, 2.24) is 9.97 Å². The van der Waals surface area contributed by atoms with Crippen LogP contribution in [0, 0.1) is 11.8 Å². The van der Waals surface area contributed by atoms with Gasteiger partial charge < -0.3 is 10.6 Å². The Labute approximate surface area is 130 Å². The topological polar surface area (TPSA) is 55.0 Å². The third-order valence-corrected chi connectivity index (χ3v) is 3.71. The minimum Gasteiger partial charge on any atom is -0.383 e. The Kier molecular flexibility index (Phi) is 7.48. The summed E-state index contributed by atoms with van der Waals surface area (Å²) in [5.41, 5.74) is 7.20. The Morgan fingerprint density at radius 2 is 1.62 bits per heavy atom. The predicted octanol–water partition coefficient (Wildman–Crippen LogP) is 3.91. The fourth-order valence-electron chi connectivity index (χ4n) is 2.33. The van der Waals surface area contributed by atoms with Gasteiger partial charge in [-0.2, -0.15) is 0 Å². The highest BCUT2D eigenvalue weighted by Crippen LogP contribution is 2.24. The number of rotatable bonds is 9. The van der Waals surface area contributed by atoms with E-state index in [1.54, 1.807) is 6.33 Å². The average molecular weight is 292 g/mol. The summed E-state index contributed by atoms with van der Waals surface area (Å²) in [7, 11) is 0. The number of anilines is 2. The molecule has 120 valence electrons. The zero-order valence-corrected chi connectivity index (χ0v) is 14.4. The lowest BCUT2D eigenvalue weighted by molar-refractivity contribution is 0.531. The van der Waals surface area contributed by atoms with E-state index in [1.165, 1.54) is 12.8 Å². The van der Waals surface area contributed by atoms with Gasteiger partial charge in [0.2, 0.25) is 0 Å². The molecule has 4 nitrogen and oxygen atoms in total. The van der Waals surface area contributed by atoms with Crippen molar-refractivity contribution in [3.63, 3.8) is 0 Å². The van der Waals surface area contributed by atoms with Gasteiger partial charge >= 0.3 is 0 Å². The Balaban J connectivity index is 2.97. The van der Waals surface area contributed by atoms with Gasteiger partial charge in [0.15, 0.2) is 0 Å². The molecule has 0 bridgehead atoms. The fourth-order valence-corrected chi connectivity index (χ4v) is 2.33. The maximum Gasteiger partial charge on any atom is 0.137 e. The molecule has 0 aliphatic heterocycles. The quantitative estimate of drug-likeness (QED) is 0.749. The summed E-state index contributed by atoms with van der Waals surface area (Å²) in [6, 6.07) is 0. The van der Waals surface area contributed by atoms with Crippen molar-refractivity contribution >= 4 is 11.6 Å². The van der Waals surface area contributed by atoms with Crippen molar-refractivity contribution in [2.45, 2.75) is 60.3 Å². The van der Waals surface area contributed by atoms with Crippen LogP contribution in [0.3, 0.4) is 0 Å². The van der Waals surface area contributed by atoms with Crippen molar-refractivity contribution < 1.29 is 0 Å². The summed E-state index contributed by atoms with van der Waals surface area (Å²) in [6.45, 7) is 13.3. The lowest BCUT2D eigenvalue weighted by atomic mass is 10.1. The number of nitrogen functional groups attached to an aromatic ring is 1. The van der Waals surface area contributed by atoms with Gasteiger partial charge in [-0.05, 0) is 31.1 Å². The first-order chi connectivity index (χ1) is 9.95. The summed E-state index contributed by atoms with van der Waals surface area (Å²) in [5.74, 6) is 3.08. The van der Waals surface area contributed by atoms with E-state index in [2.05, 4.69) is 49.5 Å². The Bertz CT molecular complexity index is 403. The van der Waals surface area contributed by atoms with Crippen LogP contribution < -0.4 is 10.6 Å². The van der Waals surface area contributed by atoms with Crippen LogP contribution in [0.4, 0.5) is 11.6 Å². The molecular weight excluding hydrogens is 260 g/mol. The molecule has 0 radical (unpaired) electrons. The SMILES string of the molecule is CCCc1c(N)ncnc1N(CCC(C)C)CCC(C)C. The van der Waals surface area contributed by atoms with Crippen LogP contribution in [-0.4, -0.2) is 23.1 Å². The molecule has 1 heterocycles. The summed E-state index contributed by atoms with van der Waals surface area (Å²) in [4.78, 5) is 11.1. The second kappa shape index (κ2) is 8.85. The van der Waals surface area contributed by atoms with E-state index < -0.39 is 0 Å². The number of nitrogens with two attached hydrogens (primary N) is 1. The fraction of sp³-hybridized carbons (Fsp3) is 0.765. The van der Waals surface area contributed by atoms with Crippen LogP contribution in [-0.2, 0) is 6.42 Å². The molecule has 1 aromatic heterocycles. The molecule has 0 fully saturated rings. The molecular formula is C17H32N4. The van der Waals surface area contributed by atoms with Crippen molar-refractivity contribution in [3.8, 4) is 0 Å². The lowest BCUT2D eigenvalue weighted by Gasteiger charge is -2.27. The smallest absolute Gasteiger partial charge is 0.137 e. The van der Waals surface area contributed by atoms with Gasteiger partial charge in [-0.3, -0.25) is 0 Å². The average Bonchev–Trinajstić information content (AvgIpc) is 2.41. The first kappa shape index (κ1) is 17.7. The summed E-state index contributed by atoms with van der Waals surface area (Å²) < 4.78 is 0. The highest BCUT2D eigenvalue weighted by molar-refractivity contribution is 5.56. The number of hydrogen-bond acceptors (Lipinski definition) is 4. The molecule has 0 spiro atoms. The van der Waals surface area contributed by atoms with Crippen LogP contribution in [0.5, 0.6) is 0 Å². The van der Waals surface area contributed by atoms with E-state index in [9.17, 15) is 0 Å². The first-order valence-corrected chi connectivity index (χ1v) is 8.29. The summed E-state index contributed by atoms with van der Waals surface area (Å²) in [6.07, 6.45) is 5.96. The monoisotopic (exact) mass is 292 g/mol. The third kappa shape index (κ3) is 5.90. The highest BCUT2D eigenvalue weighted by Gasteiger charge is 2.16. The van der Waals surface area contributed by atoms with Crippen molar-refractivity contribution in [2.75, 3.05) is 23.7 Å². The van der Waals surface area contributed by atoms with E-state index >= 15 is 0 Å². The van der Waals surface area contributed by atoms with Gasteiger partial charge in [-0.15, -0.1) is 0 Å². The molecule has 0 aliphatic carbocycles. The van der Waals surface area contributed by atoms with Gasteiger partial charge in [-0.1, -0.05) is 41.0 Å². The standard InChI is InChI=1S/C17H32N4/c1-6-7-15-16(18)19-12-20-17(15)21(10-8-13(2)3)11-9-14(4)5/h12-14H,6-11H2,1-5H3,(H2,18,19,20). The second-order valence-electron chi connectivity index (χ2n) is 6.66. The molecule has 0 saturated carbocycles. The number of aromatic nitrogens is 2. The van der Waals surface area contributed by atoms with E-state index in [1.807, 2.05) is 0 Å². The van der Waals surface area contributed by atoms with Gasteiger partial charge in [0, 0.05) is 18.7 Å². The third-order valence-electron chi connectivity index (χ3n) is 3.71. The van der Waals surface area contributed by atoms with Gasteiger partial charge in [0.25, 0.3) is 0 Å². The van der Waals surface area contributed by atoms with Gasteiger partial charge in [-0.25, -0.2) is 9.97 Å². The molecule has 1 rings (SSSR count). The van der Waals surface area contributed by atoms with E-state index in [0.717, 1.165) is 37.3 Å². The zero-order chi connectivity index (χ0) is 15.8. The lowest BCUT2D eigenvalue weighted by Crippen LogP contribution is -2.30. The first-order valence-electron chi connectivity index (χ1n) is 8.29. The second-order valence-corrected chi connectivity index (χ2v) is 6.66. The Morgan fingerprint density at radius 3 is 2.10 bits per heavy atom. The molecule has 1 aromatic rings. The molecule has 0 unspecified atom stereocenters. The van der Waals surface area contributed by atoms with Crippen LogP contribution in [0.15, 0.2) is 6.33 Å². The molecule has 2 N–H and O–H groups in total. The summed E-state index contributed by atoms with van der Waals surface area (Å²) >= 11 is 0.